The number of hydrogen-bond donors (Lipinski definition) is 1. The van der Waals surface area contributed by atoms with Crippen LogP contribution >= 0.6 is 0 Å². The number of carboxylic acids is 1. The van der Waals surface area contributed by atoms with Gasteiger partial charge in [-0.2, -0.15) is 0 Å². The minimum absolute atomic E-state index is 0.0122. The van der Waals surface area contributed by atoms with Crippen molar-refractivity contribution in [2.24, 2.45) is 0 Å². The summed E-state index contributed by atoms with van der Waals surface area (Å²) in [5, 5.41) is 8.80. The number of aliphatic carboxylic acids is 1. The van der Waals surface area contributed by atoms with Crippen molar-refractivity contribution in [2.45, 2.75) is 52.0 Å². The van der Waals surface area contributed by atoms with Crippen LogP contribution in [0.2, 0.25) is 0 Å². The van der Waals surface area contributed by atoms with E-state index in [1.165, 1.54) is 5.56 Å². The third kappa shape index (κ3) is 6.43. The molecule has 116 valence electrons. The number of hydrogen-bond acceptors (Lipinski definition) is 2. The SMILES string of the molecule is CC(C)(C)N(CCC(=O)O)C(=O)CCCc1ccccc1. The largest absolute Gasteiger partial charge is 0.481 e. The van der Waals surface area contributed by atoms with Crippen LogP contribution in [0, 0.1) is 0 Å². The summed E-state index contributed by atoms with van der Waals surface area (Å²) in [6.45, 7) is 6.07. The van der Waals surface area contributed by atoms with Crippen molar-refractivity contribution in [3.05, 3.63) is 35.9 Å². The van der Waals surface area contributed by atoms with Gasteiger partial charge in [0.15, 0.2) is 0 Å². The zero-order chi connectivity index (χ0) is 15.9. The van der Waals surface area contributed by atoms with Crippen LogP contribution < -0.4 is 0 Å². The van der Waals surface area contributed by atoms with Gasteiger partial charge in [0.1, 0.15) is 0 Å². The number of carbonyl (C=O) groups is 2. The van der Waals surface area contributed by atoms with Crippen molar-refractivity contribution in [1.82, 2.24) is 4.90 Å². The average Bonchev–Trinajstić information content (AvgIpc) is 2.38. The Morgan fingerprint density at radius 3 is 2.24 bits per heavy atom. The van der Waals surface area contributed by atoms with E-state index in [9.17, 15) is 9.59 Å². The molecule has 0 heterocycles. The molecular formula is C17H25NO3. The zero-order valence-electron chi connectivity index (χ0n) is 13.1. The van der Waals surface area contributed by atoms with Gasteiger partial charge in [-0.15, -0.1) is 0 Å². The maximum atomic E-state index is 12.3. The van der Waals surface area contributed by atoms with E-state index >= 15 is 0 Å². The predicted octanol–water partition coefficient (Wildman–Crippen LogP) is 3.11. The Balaban J connectivity index is 2.50. The minimum atomic E-state index is -0.874. The summed E-state index contributed by atoms with van der Waals surface area (Å²) >= 11 is 0. The number of rotatable bonds is 7. The highest BCUT2D eigenvalue weighted by Gasteiger charge is 2.26. The van der Waals surface area contributed by atoms with Crippen molar-refractivity contribution in [2.75, 3.05) is 6.54 Å². The van der Waals surface area contributed by atoms with Gasteiger partial charge >= 0.3 is 5.97 Å². The second-order valence-electron chi connectivity index (χ2n) is 6.20. The lowest BCUT2D eigenvalue weighted by molar-refractivity contribution is -0.140. The van der Waals surface area contributed by atoms with Gasteiger partial charge in [0.2, 0.25) is 5.91 Å². The molecular weight excluding hydrogens is 266 g/mol. The van der Waals surface area contributed by atoms with Crippen molar-refractivity contribution >= 4 is 11.9 Å². The van der Waals surface area contributed by atoms with Crippen LogP contribution in [0.15, 0.2) is 30.3 Å². The van der Waals surface area contributed by atoms with Gasteiger partial charge in [0, 0.05) is 18.5 Å². The number of carbonyl (C=O) groups excluding carboxylic acids is 1. The first-order chi connectivity index (χ1) is 9.80. The molecule has 4 heteroatoms. The smallest absolute Gasteiger partial charge is 0.305 e. The van der Waals surface area contributed by atoms with Crippen LogP contribution in [0.5, 0.6) is 0 Å². The summed E-state index contributed by atoms with van der Waals surface area (Å²) in [6, 6.07) is 10.1. The molecule has 0 atom stereocenters. The topological polar surface area (TPSA) is 57.6 Å². The van der Waals surface area contributed by atoms with E-state index in [2.05, 4.69) is 12.1 Å². The van der Waals surface area contributed by atoms with Gasteiger partial charge in [-0.1, -0.05) is 30.3 Å². The van der Waals surface area contributed by atoms with Gasteiger partial charge in [0.05, 0.1) is 6.42 Å². The molecule has 0 fully saturated rings. The fraction of sp³-hybridized carbons (Fsp3) is 0.529. The molecule has 0 aliphatic heterocycles. The molecule has 0 bridgehead atoms. The summed E-state index contributed by atoms with van der Waals surface area (Å²) in [4.78, 5) is 24.7. The van der Waals surface area contributed by atoms with Crippen molar-refractivity contribution in [1.29, 1.82) is 0 Å². The van der Waals surface area contributed by atoms with E-state index < -0.39 is 5.97 Å². The maximum absolute atomic E-state index is 12.3. The summed E-state index contributed by atoms with van der Waals surface area (Å²) in [5.74, 6) is -0.846. The van der Waals surface area contributed by atoms with E-state index in [0.717, 1.165) is 12.8 Å². The highest BCUT2D eigenvalue weighted by Crippen LogP contribution is 2.16. The third-order valence-corrected chi connectivity index (χ3v) is 3.36. The van der Waals surface area contributed by atoms with Crippen LogP contribution in [0.3, 0.4) is 0 Å². The number of carboxylic acid groups (broad SMARTS) is 1. The number of amides is 1. The zero-order valence-corrected chi connectivity index (χ0v) is 13.1. The molecule has 1 aromatic rings. The Morgan fingerprint density at radius 1 is 1.10 bits per heavy atom. The summed E-state index contributed by atoms with van der Waals surface area (Å²) in [6.07, 6.45) is 2.08. The number of aryl methyl sites for hydroxylation is 1. The lowest BCUT2D eigenvalue weighted by Crippen LogP contribution is -2.46. The van der Waals surface area contributed by atoms with Gasteiger partial charge in [-0.05, 0) is 39.2 Å². The molecule has 21 heavy (non-hydrogen) atoms. The molecule has 0 radical (unpaired) electrons. The van der Waals surface area contributed by atoms with Gasteiger partial charge in [-0.25, -0.2) is 0 Å². The van der Waals surface area contributed by atoms with Crippen molar-refractivity contribution in [3.63, 3.8) is 0 Å². The Kier molecular flexibility index (Phi) is 6.40. The van der Waals surface area contributed by atoms with E-state index in [-0.39, 0.29) is 24.4 Å². The molecule has 1 amide bonds. The van der Waals surface area contributed by atoms with E-state index in [0.29, 0.717) is 6.42 Å². The lowest BCUT2D eigenvalue weighted by atomic mass is 10.0. The van der Waals surface area contributed by atoms with Gasteiger partial charge in [-0.3, -0.25) is 9.59 Å². The van der Waals surface area contributed by atoms with Gasteiger partial charge < -0.3 is 10.0 Å². The summed E-state index contributed by atoms with van der Waals surface area (Å²) in [5.41, 5.74) is 0.873. The highest BCUT2D eigenvalue weighted by atomic mass is 16.4. The maximum Gasteiger partial charge on any atom is 0.305 e. The monoisotopic (exact) mass is 291 g/mol. The number of nitrogens with zero attached hydrogens (tertiary/aromatic N) is 1. The second-order valence-corrected chi connectivity index (χ2v) is 6.20. The third-order valence-electron chi connectivity index (χ3n) is 3.36. The molecule has 1 aromatic carbocycles. The van der Waals surface area contributed by atoms with Crippen molar-refractivity contribution in [3.8, 4) is 0 Å². The van der Waals surface area contributed by atoms with Gasteiger partial charge in [0.25, 0.3) is 0 Å². The minimum Gasteiger partial charge on any atom is -0.481 e. The molecule has 4 nitrogen and oxygen atoms in total. The number of benzene rings is 1. The van der Waals surface area contributed by atoms with Crippen LogP contribution in [-0.4, -0.2) is 34.0 Å². The second kappa shape index (κ2) is 7.81. The Labute approximate surface area is 126 Å². The van der Waals surface area contributed by atoms with Crippen molar-refractivity contribution < 1.29 is 14.7 Å². The van der Waals surface area contributed by atoms with Crippen LogP contribution in [0.25, 0.3) is 0 Å². The van der Waals surface area contributed by atoms with Crippen LogP contribution in [-0.2, 0) is 16.0 Å². The molecule has 1 rings (SSSR count). The first-order valence-electron chi connectivity index (χ1n) is 7.37. The lowest BCUT2D eigenvalue weighted by Gasteiger charge is -2.35. The molecule has 0 unspecified atom stereocenters. The summed E-state index contributed by atoms with van der Waals surface area (Å²) < 4.78 is 0. The quantitative estimate of drug-likeness (QED) is 0.839. The highest BCUT2D eigenvalue weighted by molar-refractivity contribution is 5.77. The average molecular weight is 291 g/mol. The molecule has 0 aliphatic rings. The molecule has 0 aromatic heterocycles. The first kappa shape index (κ1) is 17.2. The normalized spacial score (nSPS) is 11.2. The molecule has 0 saturated heterocycles. The standard InChI is InChI=1S/C17H25NO3/c1-17(2,3)18(13-12-16(20)21)15(19)11-7-10-14-8-5-4-6-9-14/h4-6,8-9H,7,10-13H2,1-3H3,(H,20,21). The molecule has 0 aliphatic carbocycles. The molecule has 0 spiro atoms. The van der Waals surface area contributed by atoms with E-state index in [1.807, 2.05) is 39.0 Å². The fourth-order valence-electron chi connectivity index (χ4n) is 2.27. The fourth-order valence-corrected chi connectivity index (χ4v) is 2.27. The summed E-state index contributed by atoms with van der Waals surface area (Å²) in [7, 11) is 0. The van der Waals surface area contributed by atoms with E-state index in [1.54, 1.807) is 4.90 Å². The van der Waals surface area contributed by atoms with Crippen LogP contribution in [0.1, 0.15) is 45.6 Å². The Morgan fingerprint density at radius 2 is 1.71 bits per heavy atom. The van der Waals surface area contributed by atoms with Crippen LogP contribution in [0.4, 0.5) is 0 Å². The predicted molar refractivity (Wildman–Crippen MR) is 83.1 cm³/mol. The van der Waals surface area contributed by atoms with E-state index in [4.69, 9.17) is 5.11 Å². The first-order valence-corrected chi connectivity index (χ1v) is 7.37. The Bertz CT molecular complexity index is 463. The molecule has 1 N–H and O–H groups in total. The Hall–Kier alpha value is -1.84. The molecule has 0 saturated carbocycles.